The minimum absolute atomic E-state index is 0.113. The smallest absolute Gasteiger partial charge is 0.417 e. The van der Waals surface area contributed by atoms with Gasteiger partial charge in [-0.3, -0.25) is 9.59 Å². The molecule has 0 aromatic rings. The van der Waals surface area contributed by atoms with Gasteiger partial charge >= 0.3 is 12.1 Å². The first-order valence-corrected chi connectivity index (χ1v) is 7.04. The minimum Gasteiger partial charge on any atom is -0.466 e. The molecule has 0 spiro atoms. The molecule has 0 saturated carbocycles. The van der Waals surface area contributed by atoms with Crippen molar-refractivity contribution in [2.45, 2.75) is 53.1 Å². The maximum Gasteiger partial charge on any atom is 0.417 e. The first kappa shape index (κ1) is 17.2. The molecule has 0 unspecified atom stereocenters. The molecule has 1 heterocycles. The van der Waals surface area contributed by atoms with Crippen molar-refractivity contribution in [1.82, 2.24) is 4.90 Å². The van der Waals surface area contributed by atoms with Gasteiger partial charge in [-0.1, -0.05) is 5.57 Å². The second-order valence-corrected chi connectivity index (χ2v) is 5.93. The van der Waals surface area contributed by atoms with Crippen molar-refractivity contribution >= 4 is 18.0 Å². The molecule has 0 N–H and O–H groups in total. The highest BCUT2D eigenvalue weighted by molar-refractivity contribution is 6.06. The van der Waals surface area contributed by atoms with Crippen LogP contribution in [0.4, 0.5) is 4.79 Å². The SMILES string of the molecule is CCOC(=O)CC1=C(C)CCN(C(=O)OC(C)(C)C)C1=O. The van der Waals surface area contributed by atoms with Crippen LogP contribution in [-0.2, 0) is 19.1 Å². The fourth-order valence-electron chi connectivity index (χ4n) is 1.95. The molecule has 118 valence electrons. The molecule has 0 radical (unpaired) electrons. The topological polar surface area (TPSA) is 72.9 Å². The molecular formula is C15H23NO5. The van der Waals surface area contributed by atoms with E-state index in [-0.39, 0.29) is 19.6 Å². The number of nitrogens with zero attached hydrogens (tertiary/aromatic N) is 1. The number of carbonyl (C=O) groups excluding carboxylic acids is 3. The molecule has 0 bridgehead atoms. The number of imide groups is 1. The number of esters is 1. The van der Waals surface area contributed by atoms with E-state index in [1.54, 1.807) is 34.6 Å². The Labute approximate surface area is 125 Å². The summed E-state index contributed by atoms with van der Waals surface area (Å²) in [6.07, 6.45) is -0.251. The van der Waals surface area contributed by atoms with E-state index in [9.17, 15) is 14.4 Å². The maximum absolute atomic E-state index is 12.4. The fraction of sp³-hybridized carbons (Fsp3) is 0.667. The number of hydrogen-bond donors (Lipinski definition) is 0. The summed E-state index contributed by atoms with van der Waals surface area (Å²) < 4.78 is 10.1. The summed E-state index contributed by atoms with van der Waals surface area (Å²) in [7, 11) is 0. The predicted molar refractivity (Wildman–Crippen MR) is 76.5 cm³/mol. The number of amides is 2. The molecule has 0 saturated heterocycles. The Kier molecular flexibility index (Phi) is 5.52. The Morgan fingerprint density at radius 3 is 2.43 bits per heavy atom. The first-order valence-electron chi connectivity index (χ1n) is 7.04. The predicted octanol–water partition coefficient (Wildman–Crippen LogP) is 2.42. The van der Waals surface area contributed by atoms with E-state index in [1.807, 2.05) is 0 Å². The van der Waals surface area contributed by atoms with E-state index in [0.717, 1.165) is 10.5 Å². The average molecular weight is 297 g/mol. The van der Waals surface area contributed by atoms with Crippen molar-refractivity contribution in [3.8, 4) is 0 Å². The van der Waals surface area contributed by atoms with Crippen LogP contribution in [0.15, 0.2) is 11.1 Å². The molecule has 1 rings (SSSR count). The summed E-state index contributed by atoms with van der Waals surface area (Å²) in [5, 5.41) is 0. The lowest BCUT2D eigenvalue weighted by molar-refractivity contribution is -0.143. The second kappa shape index (κ2) is 6.74. The van der Waals surface area contributed by atoms with Gasteiger partial charge in [0.15, 0.2) is 0 Å². The summed E-state index contributed by atoms with van der Waals surface area (Å²) in [5.41, 5.74) is 0.466. The van der Waals surface area contributed by atoms with Gasteiger partial charge < -0.3 is 9.47 Å². The Hall–Kier alpha value is -1.85. The van der Waals surface area contributed by atoms with Gasteiger partial charge in [0.25, 0.3) is 5.91 Å². The largest absolute Gasteiger partial charge is 0.466 e. The summed E-state index contributed by atoms with van der Waals surface area (Å²) in [6.45, 7) is 9.23. The quantitative estimate of drug-likeness (QED) is 0.748. The first-order chi connectivity index (χ1) is 9.65. The van der Waals surface area contributed by atoms with Crippen molar-refractivity contribution in [1.29, 1.82) is 0 Å². The Morgan fingerprint density at radius 1 is 1.29 bits per heavy atom. The molecule has 0 atom stereocenters. The van der Waals surface area contributed by atoms with Gasteiger partial charge in [-0.25, -0.2) is 9.69 Å². The minimum atomic E-state index is -0.679. The number of ether oxygens (including phenoxy) is 2. The number of rotatable bonds is 3. The molecule has 2 amide bonds. The average Bonchev–Trinajstić information content (AvgIpc) is 2.32. The summed E-state index contributed by atoms with van der Waals surface area (Å²) >= 11 is 0. The third-order valence-electron chi connectivity index (χ3n) is 2.97. The van der Waals surface area contributed by atoms with Crippen LogP contribution in [-0.4, -0.2) is 41.6 Å². The van der Waals surface area contributed by atoms with Crippen LogP contribution in [0.5, 0.6) is 0 Å². The van der Waals surface area contributed by atoms with Crippen molar-refractivity contribution in [2.24, 2.45) is 0 Å². The summed E-state index contributed by atoms with van der Waals surface area (Å²) in [6, 6.07) is 0. The molecular weight excluding hydrogens is 274 g/mol. The normalized spacial score (nSPS) is 16.0. The van der Waals surface area contributed by atoms with E-state index in [1.165, 1.54) is 0 Å². The highest BCUT2D eigenvalue weighted by Crippen LogP contribution is 2.23. The second-order valence-electron chi connectivity index (χ2n) is 5.93. The molecule has 1 aliphatic rings. The Bertz CT molecular complexity index is 473. The molecule has 0 fully saturated rings. The lowest BCUT2D eigenvalue weighted by atomic mass is 9.98. The van der Waals surface area contributed by atoms with E-state index >= 15 is 0 Å². The third kappa shape index (κ3) is 4.88. The zero-order valence-electron chi connectivity index (χ0n) is 13.3. The third-order valence-corrected chi connectivity index (χ3v) is 2.97. The monoisotopic (exact) mass is 297 g/mol. The van der Waals surface area contributed by atoms with Crippen LogP contribution in [0.25, 0.3) is 0 Å². The van der Waals surface area contributed by atoms with E-state index in [0.29, 0.717) is 12.0 Å². The van der Waals surface area contributed by atoms with Gasteiger partial charge in [0.2, 0.25) is 0 Å². The van der Waals surface area contributed by atoms with E-state index < -0.39 is 23.6 Å². The maximum atomic E-state index is 12.4. The summed E-state index contributed by atoms with van der Waals surface area (Å²) in [4.78, 5) is 37.0. The van der Waals surface area contributed by atoms with Crippen LogP contribution >= 0.6 is 0 Å². The van der Waals surface area contributed by atoms with Crippen LogP contribution in [0.1, 0.15) is 47.5 Å². The van der Waals surface area contributed by atoms with Gasteiger partial charge in [-0.2, -0.15) is 0 Å². The zero-order valence-corrected chi connectivity index (χ0v) is 13.3. The lowest BCUT2D eigenvalue weighted by Gasteiger charge is -2.30. The van der Waals surface area contributed by atoms with E-state index in [2.05, 4.69) is 0 Å². The Morgan fingerprint density at radius 2 is 1.90 bits per heavy atom. The highest BCUT2D eigenvalue weighted by atomic mass is 16.6. The van der Waals surface area contributed by atoms with Crippen molar-refractivity contribution in [3.63, 3.8) is 0 Å². The van der Waals surface area contributed by atoms with Crippen molar-refractivity contribution < 1.29 is 23.9 Å². The van der Waals surface area contributed by atoms with Crippen LogP contribution < -0.4 is 0 Å². The molecule has 0 aromatic carbocycles. The van der Waals surface area contributed by atoms with Crippen molar-refractivity contribution in [3.05, 3.63) is 11.1 Å². The van der Waals surface area contributed by atoms with Crippen LogP contribution in [0, 0.1) is 0 Å². The molecule has 1 aliphatic heterocycles. The van der Waals surface area contributed by atoms with E-state index in [4.69, 9.17) is 9.47 Å². The lowest BCUT2D eigenvalue weighted by Crippen LogP contribution is -2.44. The fourth-order valence-corrected chi connectivity index (χ4v) is 1.95. The molecule has 6 nitrogen and oxygen atoms in total. The zero-order chi connectivity index (χ0) is 16.2. The molecule has 6 heteroatoms. The number of hydrogen-bond acceptors (Lipinski definition) is 5. The van der Waals surface area contributed by atoms with Crippen LogP contribution in [0.3, 0.4) is 0 Å². The van der Waals surface area contributed by atoms with Crippen LogP contribution in [0.2, 0.25) is 0 Å². The van der Waals surface area contributed by atoms with Gasteiger partial charge in [-0.05, 0) is 41.0 Å². The molecule has 0 aromatic heterocycles. The van der Waals surface area contributed by atoms with Gasteiger partial charge in [0.05, 0.1) is 13.0 Å². The number of carbonyl (C=O) groups is 3. The van der Waals surface area contributed by atoms with Gasteiger partial charge in [-0.15, -0.1) is 0 Å². The summed E-state index contributed by atoms with van der Waals surface area (Å²) in [5.74, 6) is -0.938. The standard InChI is InChI=1S/C15H23NO5/c1-6-20-12(17)9-11-10(2)7-8-16(13(11)18)14(19)21-15(3,4)5/h6-9H2,1-5H3. The van der Waals surface area contributed by atoms with Crippen molar-refractivity contribution in [2.75, 3.05) is 13.2 Å². The molecule has 21 heavy (non-hydrogen) atoms. The van der Waals surface area contributed by atoms with Gasteiger partial charge in [0.1, 0.15) is 5.60 Å². The van der Waals surface area contributed by atoms with Gasteiger partial charge in [0, 0.05) is 12.1 Å². The highest BCUT2D eigenvalue weighted by Gasteiger charge is 2.33. The Balaban J connectivity index is 2.84. The molecule has 0 aliphatic carbocycles.